The predicted octanol–water partition coefficient (Wildman–Crippen LogP) is 3.86. The van der Waals surface area contributed by atoms with Crippen LogP contribution in [0.15, 0.2) is 71.3 Å². The summed E-state index contributed by atoms with van der Waals surface area (Å²) >= 11 is 0. The highest BCUT2D eigenvalue weighted by atomic mass is 16.5. The molecule has 4 rings (SSSR count). The van der Waals surface area contributed by atoms with Crippen LogP contribution >= 0.6 is 0 Å². The van der Waals surface area contributed by atoms with Gasteiger partial charge in [-0.15, -0.1) is 10.2 Å². The van der Waals surface area contributed by atoms with Crippen molar-refractivity contribution in [3.05, 3.63) is 72.8 Å². The lowest BCUT2D eigenvalue weighted by Crippen LogP contribution is -1.95. The average molecular weight is 303 g/mol. The summed E-state index contributed by atoms with van der Waals surface area (Å²) in [6, 6.07) is 19.3. The second-order valence-electron chi connectivity index (χ2n) is 5.01. The number of nitrogens with zero attached hydrogens (tertiary/aromatic N) is 3. The zero-order valence-electron chi connectivity index (χ0n) is 12.2. The van der Waals surface area contributed by atoms with Crippen LogP contribution in [0.2, 0.25) is 0 Å². The molecular formula is C18H13N3O2. The van der Waals surface area contributed by atoms with Crippen LogP contribution in [0, 0.1) is 0 Å². The van der Waals surface area contributed by atoms with Crippen LogP contribution < -0.4 is 4.74 Å². The number of hydrogen-bond acceptors (Lipinski definition) is 5. The fraction of sp³-hybridized carbons (Fsp3) is 0.0556. The molecule has 5 heteroatoms. The van der Waals surface area contributed by atoms with Crippen LogP contribution in [0.3, 0.4) is 0 Å². The van der Waals surface area contributed by atoms with Gasteiger partial charge in [-0.05, 0) is 36.4 Å². The monoisotopic (exact) mass is 303 g/mol. The first-order valence-electron chi connectivity index (χ1n) is 7.24. The lowest BCUT2D eigenvalue weighted by Gasteiger charge is -2.04. The molecule has 0 amide bonds. The van der Waals surface area contributed by atoms with E-state index in [1.807, 2.05) is 60.7 Å². The number of pyridine rings is 1. The molecule has 0 saturated carbocycles. The van der Waals surface area contributed by atoms with E-state index in [1.54, 1.807) is 6.20 Å². The molecule has 4 aromatic rings. The van der Waals surface area contributed by atoms with Crippen molar-refractivity contribution in [2.45, 2.75) is 6.61 Å². The number of hydrogen-bond donors (Lipinski definition) is 0. The third-order valence-electron chi connectivity index (χ3n) is 3.42. The Balaban J connectivity index is 1.49. The summed E-state index contributed by atoms with van der Waals surface area (Å²) in [5.41, 5.74) is 1.83. The van der Waals surface area contributed by atoms with Gasteiger partial charge in [0.2, 0.25) is 5.89 Å². The largest absolute Gasteiger partial charge is 0.484 e. The summed E-state index contributed by atoms with van der Waals surface area (Å²) in [7, 11) is 0. The molecule has 0 N–H and O–H groups in total. The van der Waals surface area contributed by atoms with E-state index in [9.17, 15) is 0 Å². The summed E-state index contributed by atoms with van der Waals surface area (Å²) < 4.78 is 11.3. The molecule has 2 heterocycles. The summed E-state index contributed by atoms with van der Waals surface area (Å²) in [4.78, 5) is 4.28. The van der Waals surface area contributed by atoms with Gasteiger partial charge in [-0.2, -0.15) is 0 Å². The lowest BCUT2D eigenvalue weighted by atomic mass is 10.2. The van der Waals surface area contributed by atoms with E-state index in [0.717, 1.165) is 22.2 Å². The molecule has 2 aromatic carbocycles. The van der Waals surface area contributed by atoms with Crippen molar-refractivity contribution in [2.24, 2.45) is 0 Å². The lowest BCUT2D eigenvalue weighted by molar-refractivity contribution is 0.265. The Hall–Kier alpha value is -3.21. The van der Waals surface area contributed by atoms with Gasteiger partial charge in [0.15, 0.2) is 6.61 Å². The average Bonchev–Trinajstić information content (AvgIpc) is 3.10. The molecule has 0 aliphatic carbocycles. The van der Waals surface area contributed by atoms with Crippen molar-refractivity contribution in [1.29, 1.82) is 0 Å². The Morgan fingerprint density at radius 2 is 1.83 bits per heavy atom. The fourth-order valence-electron chi connectivity index (χ4n) is 2.30. The SMILES string of the molecule is c1ccc(-c2nnc(COc3ccc4ncccc4c3)o2)cc1. The molecule has 0 spiro atoms. The van der Waals surface area contributed by atoms with Gasteiger partial charge in [0, 0.05) is 17.1 Å². The van der Waals surface area contributed by atoms with Crippen LogP contribution in [0.4, 0.5) is 0 Å². The van der Waals surface area contributed by atoms with Gasteiger partial charge in [-0.3, -0.25) is 4.98 Å². The minimum Gasteiger partial charge on any atom is -0.484 e. The Morgan fingerprint density at radius 1 is 0.913 bits per heavy atom. The van der Waals surface area contributed by atoms with E-state index >= 15 is 0 Å². The number of aromatic nitrogens is 3. The molecule has 112 valence electrons. The fourth-order valence-corrected chi connectivity index (χ4v) is 2.30. The predicted molar refractivity (Wildman–Crippen MR) is 85.8 cm³/mol. The molecule has 0 radical (unpaired) electrons. The minimum absolute atomic E-state index is 0.228. The van der Waals surface area contributed by atoms with E-state index < -0.39 is 0 Å². The van der Waals surface area contributed by atoms with Gasteiger partial charge in [0.1, 0.15) is 5.75 Å². The molecule has 0 fully saturated rings. The van der Waals surface area contributed by atoms with Gasteiger partial charge in [0.05, 0.1) is 5.52 Å². The number of fused-ring (bicyclic) bond motifs is 1. The summed E-state index contributed by atoms with van der Waals surface area (Å²) in [5.74, 6) is 1.67. The van der Waals surface area contributed by atoms with E-state index in [2.05, 4.69) is 15.2 Å². The first kappa shape index (κ1) is 13.5. The normalized spacial score (nSPS) is 10.8. The van der Waals surface area contributed by atoms with E-state index in [0.29, 0.717) is 11.8 Å². The maximum Gasteiger partial charge on any atom is 0.254 e. The topological polar surface area (TPSA) is 61.0 Å². The zero-order valence-corrected chi connectivity index (χ0v) is 12.2. The molecule has 2 aromatic heterocycles. The molecule has 0 saturated heterocycles. The van der Waals surface area contributed by atoms with Crippen molar-refractivity contribution >= 4 is 10.9 Å². The standard InChI is InChI=1S/C18H13N3O2/c1-2-5-13(6-3-1)18-21-20-17(23-18)12-22-15-8-9-16-14(11-15)7-4-10-19-16/h1-11H,12H2. The van der Waals surface area contributed by atoms with Gasteiger partial charge < -0.3 is 9.15 Å². The third-order valence-corrected chi connectivity index (χ3v) is 3.42. The van der Waals surface area contributed by atoms with E-state index in [4.69, 9.17) is 9.15 Å². The van der Waals surface area contributed by atoms with Gasteiger partial charge >= 0.3 is 0 Å². The second-order valence-corrected chi connectivity index (χ2v) is 5.01. The molecule has 23 heavy (non-hydrogen) atoms. The van der Waals surface area contributed by atoms with Crippen LogP contribution in [-0.2, 0) is 6.61 Å². The zero-order chi connectivity index (χ0) is 15.5. The molecule has 0 aliphatic rings. The Labute approximate surface area is 132 Å². The minimum atomic E-state index is 0.228. The Morgan fingerprint density at radius 3 is 2.74 bits per heavy atom. The number of ether oxygens (including phenoxy) is 1. The van der Waals surface area contributed by atoms with Crippen molar-refractivity contribution in [3.8, 4) is 17.2 Å². The highest BCUT2D eigenvalue weighted by Crippen LogP contribution is 2.21. The summed E-state index contributed by atoms with van der Waals surface area (Å²) in [6.45, 7) is 0.228. The number of rotatable bonds is 4. The maximum atomic E-state index is 5.73. The van der Waals surface area contributed by atoms with Crippen LogP contribution in [0.25, 0.3) is 22.4 Å². The highest BCUT2D eigenvalue weighted by Gasteiger charge is 2.08. The van der Waals surface area contributed by atoms with E-state index in [-0.39, 0.29) is 6.61 Å². The Kier molecular flexibility index (Phi) is 3.44. The van der Waals surface area contributed by atoms with Crippen molar-refractivity contribution < 1.29 is 9.15 Å². The molecule has 0 aliphatic heterocycles. The molecule has 0 bridgehead atoms. The smallest absolute Gasteiger partial charge is 0.254 e. The van der Waals surface area contributed by atoms with Gasteiger partial charge in [0.25, 0.3) is 5.89 Å². The quantitative estimate of drug-likeness (QED) is 0.573. The highest BCUT2D eigenvalue weighted by molar-refractivity contribution is 5.79. The first-order chi connectivity index (χ1) is 11.4. The van der Waals surface area contributed by atoms with Gasteiger partial charge in [-0.1, -0.05) is 24.3 Å². The maximum absolute atomic E-state index is 5.73. The van der Waals surface area contributed by atoms with Crippen LogP contribution in [0.1, 0.15) is 5.89 Å². The first-order valence-corrected chi connectivity index (χ1v) is 7.24. The van der Waals surface area contributed by atoms with Crippen LogP contribution in [-0.4, -0.2) is 15.2 Å². The molecule has 0 atom stereocenters. The number of benzene rings is 2. The molecule has 5 nitrogen and oxygen atoms in total. The van der Waals surface area contributed by atoms with Crippen molar-refractivity contribution in [2.75, 3.05) is 0 Å². The summed E-state index contributed by atoms with van der Waals surface area (Å²) in [6.07, 6.45) is 1.77. The van der Waals surface area contributed by atoms with Crippen LogP contribution in [0.5, 0.6) is 5.75 Å². The van der Waals surface area contributed by atoms with Crippen molar-refractivity contribution in [1.82, 2.24) is 15.2 Å². The van der Waals surface area contributed by atoms with Crippen molar-refractivity contribution in [3.63, 3.8) is 0 Å². The molecular weight excluding hydrogens is 290 g/mol. The second kappa shape index (κ2) is 5.88. The molecule has 0 unspecified atom stereocenters. The summed E-state index contributed by atoms with van der Waals surface area (Å²) in [5, 5.41) is 9.09. The Bertz CT molecular complexity index is 935. The van der Waals surface area contributed by atoms with Gasteiger partial charge in [-0.25, -0.2) is 0 Å². The third kappa shape index (κ3) is 2.89. The van der Waals surface area contributed by atoms with E-state index in [1.165, 1.54) is 0 Å².